The van der Waals surface area contributed by atoms with Gasteiger partial charge < -0.3 is 15.2 Å². The van der Waals surface area contributed by atoms with E-state index in [1.807, 2.05) is 18.4 Å². The highest BCUT2D eigenvalue weighted by atomic mass is 32.1. The molecule has 1 atom stereocenters. The number of amides is 1. The maximum Gasteiger partial charge on any atom is 0.336 e. The van der Waals surface area contributed by atoms with Crippen LogP contribution in [-0.2, 0) is 24.3 Å². The number of carboxylic acid groups (broad SMARTS) is 1. The molecule has 0 spiro atoms. The number of aromatic nitrogens is 2. The van der Waals surface area contributed by atoms with E-state index in [9.17, 15) is 14.7 Å². The van der Waals surface area contributed by atoms with E-state index in [-0.39, 0.29) is 36.0 Å². The number of hydrogen-bond donors (Lipinski definition) is 3. The molecule has 1 aromatic heterocycles. The Morgan fingerprint density at radius 3 is 2.50 bits per heavy atom. The van der Waals surface area contributed by atoms with E-state index in [1.54, 1.807) is 30.3 Å². The molecular weight excluding hydrogens is 505 g/mol. The summed E-state index contributed by atoms with van der Waals surface area (Å²) < 4.78 is 22.9. The Hall–Kier alpha value is -3.33. The Bertz CT molecular complexity index is 1270. The molecule has 0 saturated carbocycles. The number of ether oxygens (including phenoxy) is 1. The number of carbonyl (C=O) groups excluding carboxylic acids is 1. The smallest absolute Gasteiger partial charge is 0.336 e. The van der Waals surface area contributed by atoms with Gasteiger partial charge in [0.2, 0.25) is 5.91 Å². The van der Waals surface area contributed by atoms with Crippen LogP contribution in [0.3, 0.4) is 0 Å². The van der Waals surface area contributed by atoms with E-state index in [2.05, 4.69) is 36.8 Å². The second-order valence-electron chi connectivity index (χ2n) is 9.55. The predicted molar refractivity (Wildman–Crippen MR) is 149 cm³/mol. The standard InChI is InChI=1S/C29H36FN3O4S/c1-5-25-26(15-31-27(34)20(17-38)13-18(3)4)33(29(32-25)37-6-2)16-19-11-12-22(24(30)14-19)21-9-7-8-10-23(21)28(35)36/h7-12,14,18,20,38H,5-6,13,15-17H2,1-4H3,(H,31,34)(H,35,36)/t20-/m1/s1. The first kappa shape index (κ1) is 29.2. The van der Waals surface area contributed by atoms with Crippen molar-refractivity contribution in [1.82, 2.24) is 14.9 Å². The van der Waals surface area contributed by atoms with Crippen LogP contribution in [0.4, 0.5) is 4.39 Å². The Labute approximate surface area is 228 Å². The van der Waals surface area contributed by atoms with Gasteiger partial charge in [0.15, 0.2) is 0 Å². The monoisotopic (exact) mass is 541 g/mol. The van der Waals surface area contributed by atoms with Gasteiger partial charge in [0.1, 0.15) is 5.82 Å². The summed E-state index contributed by atoms with van der Waals surface area (Å²) in [5, 5.41) is 12.5. The lowest BCUT2D eigenvalue weighted by atomic mass is 9.98. The third-order valence-electron chi connectivity index (χ3n) is 6.33. The number of rotatable bonds is 13. The summed E-state index contributed by atoms with van der Waals surface area (Å²) in [5.41, 5.74) is 2.82. The van der Waals surface area contributed by atoms with E-state index in [0.29, 0.717) is 41.8 Å². The Balaban J connectivity index is 1.92. The quantitative estimate of drug-likeness (QED) is 0.245. The largest absolute Gasteiger partial charge is 0.478 e. The number of hydrogen-bond acceptors (Lipinski definition) is 5. The van der Waals surface area contributed by atoms with Crippen LogP contribution in [-0.4, -0.2) is 38.9 Å². The fraction of sp³-hybridized carbons (Fsp3) is 0.414. The minimum Gasteiger partial charge on any atom is -0.478 e. The molecule has 3 aromatic rings. The van der Waals surface area contributed by atoms with Gasteiger partial charge in [0.25, 0.3) is 6.01 Å². The Morgan fingerprint density at radius 1 is 1.16 bits per heavy atom. The zero-order chi connectivity index (χ0) is 27.8. The number of nitrogens with one attached hydrogen (secondary N) is 1. The maximum absolute atomic E-state index is 15.3. The molecule has 3 rings (SSSR count). The van der Waals surface area contributed by atoms with Crippen LogP contribution < -0.4 is 10.1 Å². The van der Waals surface area contributed by atoms with E-state index < -0.39 is 11.8 Å². The van der Waals surface area contributed by atoms with Crippen LogP contribution in [0.2, 0.25) is 0 Å². The van der Waals surface area contributed by atoms with Crippen molar-refractivity contribution in [1.29, 1.82) is 0 Å². The molecule has 0 radical (unpaired) electrons. The van der Waals surface area contributed by atoms with Gasteiger partial charge in [0, 0.05) is 17.2 Å². The molecule has 38 heavy (non-hydrogen) atoms. The summed E-state index contributed by atoms with van der Waals surface area (Å²) in [6.07, 6.45) is 1.38. The van der Waals surface area contributed by atoms with E-state index in [1.165, 1.54) is 12.1 Å². The number of carbonyl (C=O) groups is 2. The fourth-order valence-corrected chi connectivity index (χ4v) is 4.82. The number of carboxylic acids is 1. The van der Waals surface area contributed by atoms with E-state index in [4.69, 9.17) is 4.74 Å². The van der Waals surface area contributed by atoms with Gasteiger partial charge in [-0.2, -0.15) is 17.6 Å². The molecular formula is C29H36FN3O4S. The number of nitrogens with zero attached hydrogens (tertiary/aromatic N) is 2. The molecule has 0 saturated heterocycles. The van der Waals surface area contributed by atoms with Crippen molar-refractivity contribution in [2.45, 2.75) is 53.6 Å². The highest BCUT2D eigenvalue weighted by Gasteiger charge is 2.22. The third kappa shape index (κ3) is 6.95. The van der Waals surface area contributed by atoms with Gasteiger partial charge in [-0.05, 0) is 48.9 Å². The molecule has 1 heterocycles. The van der Waals surface area contributed by atoms with Crippen molar-refractivity contribution < 1.29 is 23.8 Å². The van der Waals surface area contributed by atoms with Crippen molar-refractivity contribution in [2.75, 3.05) is 12.4 Å². The lowest BCUT2D eigenvalue weighted by Gasteiger charge is -2.18. The minimum atomic E-state index is -1.11. The highest BCUT2D eigenvalue weighted by Crippen LogP contribution is 2.29. The SMILES string of the molecule is CCOc1nc(CC)c(CNC(=O)[C@@H](CS)CC(C)C)n1Cc1ccc(-c2ccccc2C(=O)O)c(F)c1. The molecule has 0 aliphatic carbocycles. The first-order chi connectivity index (χ1) is 18.2. The molecule has 2 aromatic carbocycles. The van der Waals surface area contributed by atoms with Crippen molar-refractivity contribution >= 4 is 24.5 Å². The third-order valence-corrected chi connectivity index (χ3v) is 6.77. The average molecular weight is 542 g/mol. The van der Waals surface area contributed by atoms with Gasteiger partial charge in [0.05, 0.1) is 36.6 Å². The highest BCUT2D eigenvalue weighted by molar-refractivity contribution is 7.80. The summed E-state index contributed by atoms with van der Waals surface area (Å²) in [4.78, 5) is 29.1. The molecule has 1 amide bonds. The molecule has 0 bridgehead atoms. The minimum absolute atomic E-state index is 0.0370. The topological polar surface area (TPSA) is 93.5 Å². The predicted octanol–water partition coefficient (Wildman–Crippen LogP) is 5.61. The Kier molecular flexibility index (Phi) is 10.4. The summed E-state index contributed by atoms with van der Waals surface area (Å²) >= 11 is 4.36. The summed E-state index contributed by atoms with van der Waals surface area (Å²) in [5.74, 6) is -1.05. The van der Waals surface area contributed by atoms with Gasteiger partial charge in [-0.25, -0.2) is 9.18 Å². The van der Waals surface area contributed by atoms with Crippen LogP contribution in [0.5, 0.6) is 6.01 Å². The summed E-state index contributed by atoms with van der Waals surface area (Å²) in [6.45, 7) is 8.94. The molecule has 0 fully saturated rings. The second-order valence-corrected chi connectivity index (χ2v) is 9.92. The van der Waals surface area contributed by atoms with E-state index in [0.717, 1.165) is 17.8 Å². The Morgan fingerprint density at radius 2 is 1.89 bits per heavy atom. The van der Waals surface area contributed by atoms with Crippen LogP contribution in [0.1, 0.15) is 61.4 Å². The zero-order valence-corrected chi connectivity index (χ0v) is 23.2. The molecule has 9 heteroatoms. The maximum atomic E-state index is 15.3. The lowest BCUT2D eigenvalue weighted by Crippen LogP contribution is -2.33. The first-order valence-corrected chi connectivity index (χ1v) is 13.5. The number of aryl methyl sites for hydroxylation is 1. The molecule has 2 N–H and O–H groups in total. The van der Waals surface area contributed by atoms with Crippen LogP contribution in [0.25, 0.3) is 11.1 Å². The van der Waals surface area contributed by atoms with Gasteiger partial charge in [-0.1, -0.05) is 51.1 Å². The molecule has 204 valence electrons. The van der Waals surface area contributed by atoms with Gasteiger partial charge in [-0.3, -0.25) is 9.36 Å². The first-order valence-electron chi connectivity index (χ1n) is 12.9. The summed E-state index contributed by atoms with van der Waals surface area (Å²) in [7, 11) is 0. The van der Waals surface area contributed by atoms with Crippen molar-refractivity contribution in [2.24, 2.45) is 11.8 Å². The normalized spacial score (nSPS) is 12.0. The van der Waals surface area contributed by atoms with Crippen molar-refractivity contribution in [3.63, 3.8) is 0 Å². The molecule has 0 aliphatic rings. The second kappa shape index (κ2) is 13.5. The number of aromatic carboxylic acids is 1. The lowest BCUT2D eigenvalue weighted by molar-refractivity contribution is -0.125. The van der Waals surface area contributed by atoms with Gasteiger partial charge >= 0.3 is 5.97 Å². The van der Waals surface area contributed by atoms with Crippen LogP contribution in [0, 0.1) is 17.7 Å². The molecule has 0 aliphatic heterocycles. The van der Waals surface area contributed by atoms with Crippen LogP contribution in [0.15, 0.2) is 42.5 Å². The zero-order valence-electron chi connectivity index (χ0n) is 22.3. The average Bonchev–Trinajstić information content (AvgIpc) is 3.21. The van der Waals surface area contributed by atoms with Crippen molar-refractivity contribution in [3.8, 4) is 17.1 Å². The number of halogens is 1. The number of benzene rings is 2. The van der Waals surface area contributed by atoms with Crippen LogP contribution >= 0.6 is 12.6 Å². The fourth-order valence-electron chi connectivity index (χ4n) is 4.51. The number of thiol groups is 1. The molecule has 7 nitrogen and oxygen atoms in total. The number of imidazole rings is 1. The molecule has 0 unspecified atom stereocenters. The van der Waals surface area contributed by atoms with Crippen molar-refractivity contribution in [3.05, 3.63) is 70.8 Å². The van der Waals surface area contributed by atoms with Gasteiger partial charge in [-0.15, -0.1) is 0 Å². The summed E-state index contributed by atoms with van der Waals surface area (Å²) in [6, 6.07) is 11.5. The van der Waals surface area contributed by atoms with E-state index >= 15 is 4.39 Å².